The number of esters is 1. The predicted octanol–water partition coefficient (Wildman–Crippen LogP) is 2.69. The van der Waals surface area contributed by atoms with Crippen LogP contribution in [-0.2, 0) is 9.53 Å². The number of aromatic nitrogens is 2. The van der Waals surface area contributed by atoms with Gasteiger partial charge in [0.05, 0.1) is 29.5 Å². The van der Waals surface area contributed by atoms with Gasteiger partial charge in [0.2, 0.25) is 0 Å². The lowest BCUT2D eigenvalue weighted by atomic mass is 10.1. The van der Waals surface area contributed by atoms with Gasteiger partial charge in [-0.05, 0) is 32.0 Å². The van der Waals surface area contributed by atoms with Gasteiger partial charge in [0.15, 0.2) is 12.3 Å². The summed E-state index contributed by atoms with van der Waals surface area (Å²) in [6, 6.07) is 10.1. The van der Waals surface area contributed by atoms with Gasteiger partial charge in [-0.2, -0.15) is 5.10 Å². The number of carbonyl (C=O) groups is 2. The molecule has 0 saturated carbocycles. The number of benzene rings is 2. The summed E-state index contributed by atoms with van der Waals surface area (Å²) in [5.41, 5.74) is -0.914. The molecular weight excluding hydrogens is 420 g/mol. The van der Waals surface area contributed by atoms with Crippen molar-refractivity contribution in [3.05, 3.63) is 68.6 Å². The molecule has 0 radical (unpaired) electrons. The molecule has 1 N–H and O–H groups in total. The van der Waals surface area contributed by atoms with E-state index in [4.69, 9.17) is 9.47 Å². The third-order valence-electron chi connectivity index (χ3n) is 4.52. The zero-order chi connectivity index (χ0) is 23.4. The lowest BCUT2D eigenvalue weighted by Crippen LogP contribution is -2.28. The van der Waals surface area contributed by atoms with Crippen molar-refractivity contribution in [2.75, 3.05) is 19.0 Å². The number of fused-ring (bicyclic) bond motifs is 1. The Kier molecular flexibility index (Phi) is 6.47. The van der Waals surface area contributed by atoms with E-state index in [0.29, 0.717) is 10.8 Å². The van der Waals surface area contributed by atoms with Crippen LogP contribution in [0.4, 0.5) is 11.4 Å². The number of hydrogen-bond acceptors (Lipinski definition) is 8. The van der Waals surface area contributed by atoms with Gasteiger partial charge in [0, 0.05) is 5.39 Å². The molecule has 0 fully saturated rings. The molecule has 3 aromatic rings. The van der Waals surface area contributed by atoms with Crippen molar-refractivity contribution < 1.29 is 24.0 Å². The number of amides is 1. The Morgan fingerprint density at radius 2 is 1.88 bits per heavy atom. The highest BCUT2D eigenvalue weighted by Gasteiger charge is 2.21. The zero-order valence-corrected chi connectivity index (χ0v) is 17.5. The number of carbonyl (C=O) groups excluding carboxylic acids is 2. The van der Waals surface area contributed by atoms with Gasteiger partial charge in [-0.1, -0.05) is 18.2 Å². The molecule has 0 aliphatic carbocycles. The molecule has 32 heavy (non-hydrogen) atoms. The van der Waals surface area contributed by atoms with Gasteiger partial charge >= 0.3 is 5.97 Å². The number of anilines is 1. The molecule has 3 rings (SSSR count). The third kappa shape index (κ3) is 4.56. The predicted molar refractivity (Wildman–Crippen MR) is 115 cm³/mol. The van der Waals surface area contributed by atoms with Crippen LogP contribution in [0.1, 0.15) is 30.4 Å². The van der Waals surface area contributed by atoms with E-state index in [1.807, 2.05) is 0 Å². The Bertz CT molecular complexity index is 1270. The molecule has 0 atom stereocenters. The molecular formula is C21H20N4O7. The van der Waals surface area contributed by atoms with Crippen molar-refractivity contribution in [1.29, 1.82) is 0 Å². The van der Waals surface area contributed by atoms with Crippen LogP contribution in [0.25, 0.3) is 10.8 Å². The van der Waals surface area contributed by atoms with Crippen molar-refractivity contribution in [2.24, 2.45) is 0 Å². The highest BCUT2D eigenvalue weighted by Crippen LogP contribution is 2.28. The second-order valence-electron chi connectivity index (χ2n) is 7.00. The maximum atomic E-state index is 12.7. The number of methoxy groups -OCH3 is 1. The van der Waals surface area contributed by atoms with E-state index in [2.05, 4.69) is 10.4 Å². The number of hydrogen-bond donors (Lipinski definition) is 1. The molecule has 0 bridgehead atoms. The molecule has 11 heteroatoms. The van der Waals surface area contributed by atoms with E-state index < -0.39 is 23.4 Å². The Hall–Kier alpha value is -4.28. The van der Waals surface area contributed by atoms with Gasteiger partial charge in [-0.15, -0.1) is 0 Å². The van der Waals surface area contributed by atoms with Crippen molar-refractivity contribution in [2.45, 2.75) is 19.9 Å². The van der Waals surface area contributed by atoms with Crippen molar-refractivity contribution in [1.82, 2.24) is 9.78 Å². The molecule has 1 amide bonds. The van der Waals surface area contributed by atoms with Gasteiger partial charge in [-0.25, -0.2) is 9.48 Å². The van der Waals surface area contributed by atoms with Crippen molar-refractivity contribution in [3.8, 4) is 5.75 Å². The first-order valence-electron chi connectivity index (χ1n) is 9.54. The largest absolute Gasteiger partial charge is 0.496 e. The minimum Gasteiger partial charge on any atom is -0.496 e. The second kappa shape index (κ2) is 9.25. The van der Waals surface area contributed by atoms with Crippen LogP contribution in [0.15, 0.2) is 47.3 Å². The normalized spacial score (nSPS) is 10.8. The van der Waals surface area contributed by atoms with E-state index >= 15 is 0 Å². The summed E-state index contributed by atoms with van der Waals surface area (Å²) in [5, 5.41) is 18.3. The number of nitro groups is 1. The summed E-state index contributed by atoms with van der Waals surface area (Å²) in [7, 11) is 1.36. The Morgan fingerprint density at radius 3 is 2.50 bits per heavy atom. The Labute approximate surface area is 181 Å². The molecule has 11 nitrogen and oxygen atoms in total. The average molecular weight is 440 g/mol. The molecule has 2 aromatic carbocycles. The van der Waals surface area contributed by atoms with Crippen molar-refractivity contribution >= 4 is 34.0 Å². The number of nitro benzene ring substituents is 1. The molecule has 0 aliphatic rings. The minimum atomic E-state index is -0.907. The lowest BCUT2D eigenvalue weighted by Gasteiger charge is -2.13. The fourth-order valence-corrected chi connectivity index (χ4v) is 2.99. The average Bonchev–Trinajstić information content (AvgIpc) is 2.77. The van der Waals surface area contributed by atoms with Gasteiger partial charge in [-0.3, -0.25) is 19.7 Å². The van der Waals surface area contributed by atoms with E-state index in [9.17, 15) is 24.5 Å². The summed E-state index contributed by atoms with van der Waals surface area (Å²) >= 11 is 0. The molecule has 0 spiro atoms. The van der Waals surface area contributed by atoms with E-state index in [1.165, 1.54) is 23.9 Å². The molecule has 0 saturated heterocycles. The van der Waals surface area contributed by atoms with Crippen LogP contribution in [0, 0.1) is 10.1 Å². The first-order chi connectivity index (χ1) is 15.2. The first kappa shape index (κ1) is 22.4. The number of ether oxygens (including phenoxy) is 2. The number of nitrogens with zero attached hydrogens (tertiary/aromatic N) is 3. The lowest BCUT2D eigenvalue weighted by molar-refractivity contribution is -0.384. The highest BCUT2D eigenvalue weighted by molar-refractivity contribution is 6.03. The van der Waals surface area contributed by atoms with E-state index in [0.717, 1.165) is 6.07 Å². The van der Waals surface area contributed by atoms with Crippen LogP contribution in [-0.4, -0.2) is 40.3 Å². The first-order valence-corrected chi connectivity index (χ1v) is 9.54. The Morgan fingerprint density at radius 1 is 1.19 bits per heavy atom. The fourth-order valence-electron chi connectivity index (χ4n) is 2.99. The monoisotopic (exact) mass is 440 g/mol. The molecule has 0 unspecified atom stereocenters. The maximum Gasteiger partial charge on any atom is 0.359 e. The molecule has 1 heterocycles. The highest BCUT2D eigenvalue weighted by atomic mass is 16.6. The fraction of sp³-hybridized carbons (Fsp3) is 0.238. The molecule has 0 aliphatic heterocycles. The van der Waals surface area contributed by atoms with Crippen LogP contribution < -0.4 is 15.6 Å². The zero-order valence-electron chi connectivity index (χ0n) is 17.5. The van der Waals surface area contributed by atoms with Crippen molar-refractivity contribution in [3.63, 3.8) is 0 Å². The maximum absolute atomic E-state index is 12.7. The second-order valence-corrected chi connectivity index (χ2v) is 7.00. The topological polar surface area (TPSA) is 143 Å². The van der Waals surface area contributed by atoms with E-state index in [1.54, 1.807) is 38.1 Å². The third-order valence-corrected chi connectivity index (χ3v) is 4.52. The van der Waals surface area contributed by atoms with Crippen LogP contribution in [0.2, 0.25) is 0 Å². The van der Waals surface area contributed by atoms with Crippen LogP contribution in [0.5, 0.6) is 5.75 Å². The van der Waals surface area contributed by atoms with Gasteiger partial charge < -0.3 is 14.8 Å². The number of nitrogens with one attached hydrogen (secondary N) is 1. The summed E-state index contributed by atoms with van der Waals surface area (Å²) in [4.78, 5) is 48.0. The molecule has 1 aromatic heterocycles. The number of rotatable bonds is 7. The van der Waals surface area contributed by atoms with E-state index in [-0.39, 0.29) is 34.4 Å². The van der Waals surface area contributed by atoms with Gasteiger partial charge in [0.1, 0.15) is 11.4 Å². The summed E-state index contributed by atoms with van der Waals surface area (Å²) in [6.07, 6.45) is 0. The summed E-state index contributed by atoms with van der Waals surface area (Å²) < 4.78 is 11.2. The SMILES string of the molecule is COc1ccc(NC(=O)COC(=O)c2nn(C(C)C)c(=O)c3ccccc23)c([N+](=O)[O-])c1. The minimum absolute atomic E-state index is 0.0752. The van der Waals surface area contributed by atoms with Crippen LogP contribution >= 0.6 is 0 Å². The van der Waals surface area contributed by atoms with Gasteiger partial charge in [0.25, 0.3) is 17.2 Å². The quantitative estimate of drug-likeness (QED) is 0.336. The summed E-state index contributed by atoms with van der Waals surface area (Å²) in [5.74, 6) is -1.44. The van der Waals surface area contributed by atoms with Crippen LogP contribution in [0.3, 0.4) is 0 Å². The standard InChI is InChI=1S/C21H20N4O7/c1-12(2)24-20(27)15-7-5-4-6-14(15)19(23-24)21(28)32-11-18(26)22-16-9-8-13(31-3)10-17(16)25(29)30/h4-10,12H,11H2,1-3H3,(H,22,26). The molecule has 166 valence electrons. The summed E-state index contributed by atoms with van der Waals surface area (Å²) in [6.45, 7) is 2.78. The smallest absolute Gasteiger partial charge is 0.359 e. The Balaban J connectivity index is 1.80.